The minimum atomic E-state index is -0.333. The number of ether oxygens (including phenoxy) is 2. The molecule has 1 atom stereocenters. The summed E-state index contributed by atoms with van der Waals surface area (Å²) in [5.74, 6) is 2.01. The summed E-state index contributed by atoms with van der Waals surface area (Å²) >= 11 is 6.50. The predicted octanol–water partition coefficient (Wildman–Crippen LogP) is 6.03. The lowest BCUT2D eigenvalue weighted by molar-refractivity contribution is -0.111. The van der Waals surface area contributed by atoms with E-state index in [2.05, 4.69) is 39.1 Å². The molecular weight excluding hydrogens is 490 g/mol. The fourth-order valence-corrected chi connectivity index (χ4v) is 4.37. The molecule has 1 fully saturated rings. The molecule has 188 valence electrons. The SMILES string of the molecule is C=CC(=O)Nc1cc2c(Nc3ccc(Oc4ccccc4)c(Cl)c3)ncnc2cc1O[C@@H]1CCN(C)C1. The van der Waals surface area contributed by atoms with E-state index in [1.807, 2.05) is 48.5 Å². The van der Waals surface area contributed by atoms with Crippen molar-refractivity contribution in [3.05, 3.63) is 84.7 Å². The molecule has 1 amide bonds. The summed E-state index contributed by atoms with van der Waals surface area (Å²) in [5, 5.41) is 7.31. The van der Waals surface area contributed by atoms with Gasteiger partial charge in [0.2, 0.25) is 5.91 Å². The third-order valence-electron chi connectivity index (χ3n) is 5.99. The molecule has 2 heterocycles. The second-order valence-corrected chi connectivity index (χ2v) is 9.16. The number of nitrogens with one attached hydrogen (secondary N) is 2. The Bertz CT molecular complexity index is 1450. The van der Waals surface area contributed by atoms with Crippen LogP contribution in [-0.4, -0.2) is 47.0 Å². The molecule has 2 N–H and O–H groups in total. The molecule has 3 aromatic carbocycles. The maximum Gasteiger partial charge on any atom is 0.247 e. The molecule has 37 heavy (non-hydrogen) atoms. The molecule has 0 aliphatic carbocycles. The molecular formula is C28H26ClN5O3. The van der Waals surface area contributed by atoms with Crippen LogP contribution < -0.4 is 20.1 Å². The van der Waals surface area contributed by atoms with Gasteiger partial charge in [-0.25, -0.2) is 9.97 Å². The van der Waals surface area contributed by atoms with Gasteiger partial charge in [0.25, 0.3) is 0 Å². The van der Waals surface area contributed by atoms with Crippen LogP contribution >= 0.6 is 11.6 Å². The van der Waals surface area contributed by atoms with Crippen LogP contribution in [0.3, 0.4) is 0 Å². The van der Waals surface area contributed by atoms with E-state index in [-0.39, 0.29) is 12.0 Å². The number of fused-ring (bicyclic) bond motifs is 1. The zero-order chi connectivity index (χ0) is 25.8. The molecule has 1 aliphatic heterocycles. The zero-order valence-electron chi connectivity index (χ0n) is 20.3. The highest BCUT2D eigenvalue weighted by Crippen LogP contribution is 2.36. The predicted molar refractivity (Wildman–Crippen MR) is 146 cm³/mol. The van der Waals surface area contributed by atoms with E-state index < -0.39 is 0 Å². The largest absolute Gasteiger partial charge is 0.487 e. The Morgan fingerprint density at radius 1 is 1.14 bits per heavy atom. The third kappa shape index (κ3) is 5.82. The van der Waals surface area contributed by atoms with Gasteiger partial charge in [-0.3, -0.25) is 4.79 Å². The molecule has 1 aromatic heterocycles. The summed E-state index contributed by atoms with van der Waals surface area (Å²) in [6.45, 7) is 5.33. The number of nitrogens with zero attached hydrogens (tertiary/aromatic N) is 3. The van der Waals surface area contributed by atoms with Gasteiger partial charge in [0.1, 0.15) is 35.5 Å². The summed E-state index contributed by atoms with van der Waals surface area (Å²) in [6.07, 6.45) is 3.64. The molecule has 0 spiro atoms. The number of carbonyl (C=O) groups excluding carboxylic acids is 1. The van der Waals surface area contributed by atoms with Crippen LogP contribution in [0.15, 0.2) is 79.6 Å². The molecule has 1 aliphatic rings. The number of para-hydroxylation sites is 1. The van der Waals surface area contributed by atoms with E-state index in [0.29, 0.717) is 44.7 Å². The molecule has 0 unspecified atom stereocenters. The van der Waals surface area contributed by atoms with Crippen molar-refractivity contribution in [1.82, 2.24) is 14.9 Å². The summed E-state index contributed by atoms with van der Waals surface area (Å²) in [5.41, 5.74) is 1.91. The molecule has 0 bridgehead atoms. The second kappa shape index (κ2) is 10.9. The Labute approximate surface area is 219 Å². The number of benzene rings is 3. The lowest BCUT2D eigenvalue weighted by Crippen LogP contribution is -2.22. The lowest BCUT2D eigenvalue weighted by atomic mass is 10.1. The fraction of sp³-hybridized carbons (Fsp3) is 0.179. The third-order valence-corrected chi connectivity index (χ3v) is 6.28. The van der Waals surface area contributed by atoms with Crippen molar-refractivity contribution in [2.75, 3.05) is 30.8 Å². The zero-order valence-corrected chi connectivity index (χ0v) is 21.0. The van der Waals surface area contributed by atoms with E-state index >= 15 is 0 Å². The van der Waals surface area contributed by atoms with Crippen LogP contribution in [-0.2, 0) is 4.79 Å². The van der Waals surface area contributed by atoms with Crippen LogP contribution in [0.25, 0.3) is 10.9 Å². The number of amides is 1. The number of likely N-dealkylation sites (tertiary alicyclic amines) is 1. The monoisotopic (exact) mass is 515 g/mol. The standard InChI is InChI=1S/C28H26ClN5O3/c1-3-27(35)33-24-14-21-23(15-26(24)37-20-11-12-34(2)16-20)30-17-31-28(21)32-18-9-10-25(22(29)13-18)36-19-7-5-4-6-8-19/h3-10,13-15,17,20H,1,11-12,16H2,2H3,(H,33,35)(H,30,31,32)/t20-/m1/s1. The summed E-state index contributed by atoms with van der Waals surface area (Å²) < 4.78 is 12.1. The smallest absolute Gasteiger partial charge is 0.247 e. The number of aromatic nitrogens is 2. The lowest BCUT2D eigenvalue weighted by Gasteiger charge is -2.18. The summed E-state index contributed by atoms with van der Waals surface area (Å²) in [7, 11) is 2.06. The van der Waals surface area contributed by atoms with Crippen molar-refractivity contribution in [1.29, 1.82) is 0 Å². The number of likely N-dealkylation sites (N-methyl/N-ethyl adjacent to an activating group) is 1. The molecule has 4 aromatic rings. The van der Waals surface area contributed by atoms with E-state index in [1.165, 1.54) is 12.4 Å². The van der Waals surface area contributed by atoms with Crippen molar-refractivity contribution in [2.45, 2.75) is 12.5 Å². The first kappa shape index (κ1) is 24.5. The maximum atomic E-state index is 12.2. The molecule has 0 radical (unpaired) electrons. The number of anilines is 3. The highest BCUT2D eigenvalue weighted by molar-refractivity contribution is 6.32. The van der Waals surface area contributed by atoms with Gasteiger partial charge in [-0.05, 0) is 55.9 Å². The molecule has 0 saturated carbocycles. The average Bonchev–Trinajstić information content (AvgIpc) is 3.31. The first-order valence-electron chi connectivity index (χ1n) is 11.9. The van der Waals surface area contributed by atoms with Crippen molar-refractivity contribution < 1.29 is 14.3 Å². The Morgan fingerprint density at radius 2 is 1.97 bits per heavy atom. The van der Waals surface area contributed by atoms with Gasteiger partial charge in [0, 0.05) is 30.2 Å². The van der Waals surface area contributed by atoms with Gasteiger partial charge in [-0.15, -0.1) is 0 Å². The van der Waals surface area contributed by atoms with E-state index in [9.17, 15) is 4.79 Å². The number of carbonyl (C=O) groups is 1. The highest BCUT2D eigenvalue weighted by atomic mass is 35.5. The minimum Gasteiger partial charge on any atom is -0.487 e. The Kier molecular flexibility index (Phi) is 7.20. The Balaban J connectivity index is 1.44. The Hall–Kier alpha value is -4.14. The highest BCUT2D eigenvalue weighted by Gasteiger charge is 2.23. The number of hydrogen-bond donors (Lipinski definition) is 2. The average molecular weight is 516 g/mol. The van der Waals surface area contributed by atoms with E-state index in [4.69, 9.17) is 21.1 Å². The number of hydrogen-bond acceptors (Lipinski definition) is 7. The summed E-state index contributed by atoms with van der Waals surface area (Å²) in [4.78, 5) is 23.2. The van der Waals surface area contributed by atoms with Gasteiger partial charge >= 0.3 is 0 Å². The van der Waals surface area contributed by atoms with Crippen molar-refractivity contribution in [2.24, 2.45) is 0 Å². The summed E-state index contributed by atoms with van der Waals surface area (Å²) in [6, 6.07) is 18.5. The molecule has 8 nitrogen and oxygen atoms in total. The van der Waals surface area contributed by atoms with Crippen LogP contribution in [0.2, 0.25) is 5.02 Å². The van der Waals surface area contributed by atoms with Crippen LogP contribution in [0, 0.1) is 0 Å². The Morgan fingerprint density at radius 3 is 2.70 bits per heavy atom. The first-order valence-corrected chi connectivity index (χ1v) is 12.2. The topological polar surface area (TPSA) is 88.6 Å². The second-order valence-electron chi connectivity index (χ2n) is 8.76. The number of rotatable bonds is 8. The van der Waals surface area contributed by atoms with Gasteiger partial charge in [0.15, 0.2) is 0 Å². The molecule has 9 heteroatoms. The maximum absolute atomic E-state index is 12.2. The van der Waals surface area contributed by atoms with Crippen LogP contribution in [0.4, 0.5) is 17.2 Å². The first-order chi connectivity index (χ1) is 18.0. The van der Waals surface area contributed by atoms with Crippen molar-refractivity contribution in [3.63, 3.8) is 0 Å². The normalized spacial score (nSPS) is 15.4. The van der Waals surface area contributed by atoms with Crippen molar-refractivity contribution in [3.8, 4) is 17.2 Å². The van der Waals surface area contributed by atoms with E-state index in [1.54, 1.807) is 12.1 Å². The van der Waals surface area contributed by atoms with Crippen LogP contribution in [0.1, 0.15) is 6.42 Å². The van der Waals surface area contributed by atoms with Gasteiger partial charge < -0.3 is 25.0 Å². The number of halogens is 1. The van der Waals surface area contributed by atoms with Crippen molar-refractivity contribution >= 4 is 45.6 Å². The molecule has 5 rings (SSSR count). The van der Waals surface area contributed by atoms with Gasteiger partial charge in [-0.1, -0.05) is 36.4 Å². The minimum absolute atomic E-state index is 0.0278. The quantitative estimate of drug-likeness (QED) is 0.277. The van der Waals surface area contributed by atoms with E-state index in [0.717, 1.165) is 25.2 Å². The fourth-order valence-electron chi connectivity index (χ4n) is 4.15. The molecule has 1 saturated heterocycles. The van der Waals surface area contributed by atoms with Gasteiger partial charge in [-0.2, -0.15) is 0 Å². The van der Waals surface area contributed by atoms with Gasteiger partial charge in [0.05, 0.1) is 16.2 Å². The van der Waals surface area contributed by atoms with Crippen LogP contribution in [0.5, 0.6) is 17.2 Å².